The summed E-state index contributed by atoms with van der Waals surface area (Å²) in [5.74, 6) is 2.67. The number of fused-ring (bicyclic) bond motifs is 2. The van der Waals surface area contributed by atoms with Gasteiger partial charge in [0.25, 0.3) is 0 Å². The van der Waals surface area contributed by atoms with Crippen LogP contribution in [0.5, 0.6) is 0 Å². The molecule has 8 atom stereocenters. The van der Waals surface area contributed by atoms with Crippen molar-refractivity contribution in [1.82, 2.24) is 0 Å². The van der Waals surface area contributed by atoms with Crippen LogP contribution in [0.15, 0.2) is 0 Å². The van der Waals surface area contributed by atoms with Crippen LogP contribution in [0.3, 0.4) is 0 Å². The summed E-state index contributed by atoms with van der Waals surface area (Å²) in [5, 5.41) is -0.165. The van der Waals surface area contributed by atoms with E-state index in [4.69, 9.17) is 24.0 Å². The average molecular weight is 461 g/mol. The molecule has 4 heterocycles. The summed E-state index contributed by atoms with van der Waals surface area (Å²) < 4.78 is 18.3. The van der Waals surface area contributed by atoms with Gasteiger partial charge in [0.2, 0.25) is 5.79 Å². The predicted octanol–water partition coefficient (Wildman–Crippen LogP) is 5.60. The SMILES string of the molecule is CCCSC(=O)OCCCS[C@@H]1O[C@@H]2OC3(C)CC[C@H]4[C@H](C)CC[C@@H]([C@H]1C)[C@@]24OO3. The van der Waals surface area contributed by atoms with E-state index in [0.29, 0.717) is 30.3 Å². The van der Waals surface area contributed by atoms with Gasteiger partial charge < -0.3 is 14.2 Å². The Labute approximate surface area is 188 Å². The van der Waals surface area contributed by atoms with Crippen molar-refractivity contribution in [2.45, 2.75) is 89.3 Å². The molecular formula is C22H36O6S2. The zero-order valence-corrected chi connectivity index (χ0v) is 20.2. The molecule has 172 valence electrons. The second-order valence-corrected chi connectivity index (χ2v) is 11.7. The number of hydrogen-bond donors (Lipinski definition) is 0. The van der Waals surface area contributed by atoms with E-state index in [1.807, 2.05) is 18.7 Å². The van der Waals surface area contributed by atoms with Gasteiger partial charge in [-0.2, -0.15) is 0 Å². The Kier molecular flexibility index (Phi) is 7.32. The zero-order chi connectivity index (χ0) is 21.4. The number of thioether (sulfide) groups is 2. The van der Waals surface area contributed by atoms with Crippen LogP contribution in [0.2, 0.25) is 0 Å². The van der Waals surface area contributed by atoms with E-state index in [0.717, 1.165) is 43.6 Å². The first-order valence-electron chi connectivity index (χ1n) is 11.5. The molecule has 5 aliphatic rings. The molecule has 1 unspecified atom stereocenters. The molecule has 0 aromatic carbocycles. The van der Waals surface area contributed by atoms with Crippen molar-refractivity contribution in [3.05, 3.63) is 0 Å². The van der Waals surface area contributed by atoms with Crippen molar-refractivity contribution in [3.8, 4) is 0 Å². The molecule has 6 nitrogen and oxygen atoms in total. The zero-order valence-electron chi connectivity index (χ0n) is 18.6. The fourth-order valence-electron chi connectivity index (χ4n) is 5.70. The van der Waals surface area contributed by atoms with Crippen LogP contribution < -0.4 is 0 Å². The molecule has 8 heteroatoms. The highest BCUT2D eigenvalue weighted by atomic mass is 32.2. The van der Waals surface area contributed by atoms with Gasteiger partial charge in [0.05, 0.1) is 6.61 Å². The van der Waals surface area contributed by atoms with Gasteiger partial charge in [-0.05, 0) is 74.3 Å². The lowest BCUT2D eigenvalue weighted by molar-refractivity contribution is -0.568. The van der Waals surface area contributed by atoms with E-state index >= 15 is 0 Å². The van der Waals surface area contributed by atoms with Crippen LogP contribution in [-0.4, -0.2) is 46.5 Å². The maximum absolute atomic E-state index is 11.6. The van der Waals surface area contributed by atoms with Crippen LogP contribution in [0.4, 0.5) is 4.79 Å². The van der Waals surface area contributed by atoms with Crippen molar-refractivity contribution in [2.24, 2.45) is 23.7 Å². The number of ether oxygens (including phenoxy) is 3. The molecule has 0 aromatic heterocycles. The number of hydrogen-bond acceptors (Lipinski definition) is 8. The van der Waals surface area contributed by atoms with Crippen molar-refractivity contribution in [3.63, 3.8) is 0 Å². The third-order valence-corrected chi connectivity index (χ3v) is 9.67. The smallest absolute Gasteiger partial charge is 0.367 e. The molecule has 4 saturated heterocycles. The van der Waals surface area contributed by atoms with Gasteiger partial charge in [-0.1, -0.05) is 20.8 Å². The van der Waals surface area contributed by atoms with Gasteiger partial charge in [-0.3, -0.25) is 0 Å². The Hall–Kier alpha value is 0.01000. The van der Waals surface area contributed by atoms with Gasteiger partial charge in [0.15, 0.2) is 11.9 Å². The minimum atomic E-state index is -0.725. The highest BCUT2D eigenvalue weighted by Crippen LogP contribution is 2.61. The number of carbonyl (C=O) groups is 1. The molecule has 1 spiro atoms. The minimum Gasteiger partial charge on any atom is -0.458 e. The maximum atomic E-state index is 11.6. The van der Waals surface area contributed by atoms with Crippen LogP contribution in [-0.2, 0) is 24.0 Å². The fraction of sp³-hybridized carbons (Fsp3) is 0.955. The lowest BCUT2D eigenvalue weighted by Gasteiger charge is -2.60. The first-order valence-corrected chi connectivity index (χ1v) is 13.5. The van der Waals surface area contributed by atoms with Gasteiger partial charge >= 0.3 is 5.30 Å². The average Bonchev–Trinajstić information content (AvgIpc) is 2.95. The van der Waals surface area contributed by atoms with E-state index in [-0.39, 0.29) is 17.0 Å². The molecule has 2 bridgehead atoms. The van der Waals surface area contributed by atoms with Crippen LogP contribution in [0, 0.1) is 23.7 Å². The molecular weight excluding hydrogens is 424 g/mol. The van der Waals surface area contributed by atoms with Crippen molar-refractivity contribution >= 4 is 28.8 Å². The predicted molar refractivity (Wildman–Crippen MR) is 118 cm³/mol. The molecule has 30 heavy (non-hydrogen) atoms. The Morgan fingerprint density at radius 3 is 2.77 bits per heavy atom. The van der Waals surface area contributed by atoms with Crippen molar-refractivity contribution in [2.75, 3.05) is 18.1 Å². The summed E-state index contributed by atoms with van der Waals surface area (Å²) in [5.41, 5.74) is -0.438. The summed E-state index contributed by atoms with van der Waals surface area (Å²) >= 11 is 3.07. The number of carbonyl (C=O) groups excluding carboxylic acids is 1. The lowest BCUT2D eigenvalue weighted by atomic mass is 9.58. The summed E-state index contributed by atoms with van der Waals surface area (Å²) in [7, 11) is 0. The van der Waals surface area contributed by atoms with Crippen LogP contribution >= 0.6 is 23.5 Å². The van der Waals surface area contributed by atoms with Gasteiger partial charge in [0, 0.05) is 18.1 Å². The normalized spacial score (nSPS) is 44.9. The van der Waals surface area contributed by atoms with E-state index in [1.165, 1.54) is 18.2 Å². The van der Waals surface area contributed by atoms with Gasteiger partial charge in [-0.25, -0.2) is 14.6 Å². The molecule has 5 fully saturated rings. The first kappa shape index (κ1) is 23.2. The third kappa shape index (κ3) is 4.29. The molecule has 0 N–H and O–H groups in total. The Morgan fingerprint density at radius 1 is 1.13 bits per heavy atom. The van der Waals surface area contributed by atoms with Crippen molar-refractivity contribution in [1.29, 1.82) is 0 Å². The molecule has 1 aliphatic carbocycles. The standard InChI is InChI=1S/C22H36O6S2/c1-5-12-30-20(23)24-11-6-13-29-18-15(3)17-8-7-14(2)16-9-10-21(4)26-19(25-18)22(16,17)28-27-21/h14-19H,5-13H2,1-4H3/t14-,15-,16+,17+,18+,19-,21?,22-/m1/s1. The first-order chi connectivity index (χ1) is 14.4. The second-order valence-electron chi connectivity index (χ2n) is 9.44. The van der Waals surface area contributed by atoms with Gasteiger partial charge in [-0.15, -0.1) is 11.8 Å². The molecule has 4 aliphatic heterocycles. The van der Waals surface area contributed by atoms with Crippen LogP contribution in [0.25, 0.3) is 0 Å². The molecule has 5 rings (SSSR count). The van der Waals surface area contributed by atoms with E-state index < -0.39 is 11.4 Å². The summed E-state index contributed by atoms with van der Waals surface area (Å²) in [6, 6.07) is 0. The Morgan fingerprint density at radius 2 is 1.97 bits per heavy atom. The van der Waals surface area contributed by atoms with E-state index in [1.54, 1.807) is 0 Å². The highest BCUT2D eigenvalue weighted by Gasteiger charge is 2.69. The number of rotatable bonds is 7. The minimum absolute atomic E-state index is 0.0522. The molecule has 0 amide bonds. The molecule has 0 aromatic rings. The van der Waals surface area contributed by atoms with E-state index in [2.05, 4.69) is 20.8 Å². The topological polar surface area (TPSA) is 63.2 Å². The fourth-order valence-corrected chi connectivity index (χ4v) is 7.43. The quantitative estimate of drug-likeness (QED) is 0.276. The summed E-state index contributed by atoms with van der Waals surface area (Å²) in [6.07, 6.45) is 5.65. The van der Waals surface area contributed by atoms with Crippen molar-refractivity contribution < 1.29 is 28.8 Å². The second kappa shape index (κ2) is 9.48. The molecule has 0 radical (unpaired) electrons. The largest absolute Gasteiger partial charge is 0.458 e. The summed E-state index contributed by atoms with van der Waals surface area (Å²) in [6.45, 7) is 9.10. The lowest BCUT2D eigenvalue weighted by Crippen LogP contribution is -2.70. The molecule has 1 saturated carbocycles. The van der Waals surface area contributed by atoms with Crippen LogP contribution in [0.1, 0.15) is 66.2 Å². The highest BCUT2D eigenvalue weighted by molar-refractivity contribution is 8.13. The Balaban J connectivity index is 1.36. The van der Waals surface area contributed by atoms with Gasteiger partial charge in [0.1, 0.15) is 5.44 Å². The monoisotopic (exact) mass is 460 g/mol. The maximum Gasteiger partial charge on any atom is 0.367 e. The Bertz CT molecular complexity index is 620. The third-order valence-electron chi connectivity index (χ3n) is 7.31. The van der Waals surface area contributed by atoms with E-state index in [9.17, 15) is 4.79 Å². The summed E-state index contributed by atoms with van der Waals surface area (Å²) in [4.78, 5) is 23.7.